The Morgan fingerprint density at radius 3 is 3.00 bits per heavy atom. The minimum atomic E-state index is -0.403. The number of nitro benzene ring substituents is 1. The van der Waals surface area contributed by atoms with Crippen molar-refractivity contribution in [2.24, 2.45) is 0 Å². The van der Waals surface area contributed by atoms with E-state index in [4.69, 9.17) is 4.74 Å². The number of nitro groups is 1. The first-order valence-electron chi connectivity index (χ1n) is 7.38. The molecule has 1 aliphatic rings. The van der Waals surface area contributed by atoms with Crippen LogP contribution in [0, 0.1) is 10.1 Å². The first-order chi connectivity index (χ1) is 10.8. The summed E-state index contributed by atoms with van der Waals surface area (Å²) >= 11 is 1.72. The van der Waals surface area contributed by atoms with E-state index in [9.17, 15) is 10.1 Å². The summed E-state index contributed by atoms with van der Waals surface area (Å²) in [6.07, 6.45) is 2.36. The van der Waals surface area contributed by atoms with Crippen molar-refractivity contribution >= 4 is 17.0 Å². The topological polar surface area (TPSA) is 55.6 Å². The zero-order chi connectivity index (χ0) is 15.4. The Morgan fingerprint density at radius 2 is 2.23 bits per heavy atom. The van der Waals surface area contributed by atoms with Crippen LogP contribution in [0.15, 0.2) is 41.1 Å². The summed E-state index contributed by atoms with van der Waals surface area (Å²) in [5.41, 5.74) is 1.39. The second-order valence-corrected chi connectivity index (χ2v) is 6.10. The number of ether oxygens (including phenoxy) is 1. The van der Waals surface area contributed by atoms with Crippen LogP contribution < -0.4 is 4.74 Å². The highest BCUT2D eigenvalue weighted by molar-refractivity contribution is 7.07. The van der Waals surface area contributed by atoms with Gasteiger partial charge in [0.05, 0.1) is 4.92 Å². The molecule has 22 heavy (non-hydrogen) atoms. The maximum absolute atomic E-state index is 11.0. The SMILES string of the molecule is O=[N+]([O-])c1ccccc1OCCN1CCC[C@@H]1c1ccsc1. The lowest BCUT2D eigenvalue weighted by Gasteiger charge is -2.23. The smallest absolute Gasteiger partial charge is 0.310 e. The van der Waals surface area contributed by atoms with Gasteiger partial charge in [0.25, 0.3) is 0 Å². The van der Waals surface area contributed by atoms with Crippen LogP contribution in [0.2, 0.25) is 0 Å². The lowest BCUT2D eigenvalue weighted by Crippen LogP contribution is -2.28. The molecule has 2 heterocycles. The van der Waals surface area contributed by atoms with Gasteiger partial charge in [-0.2, -0.15) is 11.3 Å². The number of hydrogen-bond donors (Lipinski definition) is 0. The molecule has 0 spiro atoms. The molecule has 0 bridgehead atoms. The second-order valence-electron chi connectivity index (χ2n) is 5.32. The van der Waals surface area contributed by atoms with Gasteiger partial charge in [0.15, 0.2) is 5.75 Å². The zero-order valence-electron chi connectivity index (χ0n) is 12.2. The summed E-state index contributed by atoms with van der Waals surface area (Å²) in [7, 11) is 0. The Kier molecular flexibility index (Phi) is 4.70. The maximum Gasteiger partial charge on any atom is 0.310 e. The van der Waals surface area contributed by atoms with Gasteiger partial charge in [-0.15, -0.1) is 0 Å². The number of benzene rings is 1. The Bertz CT molecular complexity index is 630. The van der Waals surface area contributed by atoms with Gasteiger partial charge < -0.3 is 4.74 Å². The van der Waals surface area contributed by atoms with Crippen LogP contribution in [-0.2, 0) is 0 Å². The van der Waals surface area contributed by atoms with E-state index in [1.807, 2.05) is 0 Å². The molecule has 3 rings (SSSR count). The summed E-state index contributed by atoms with van der Waals surface area (Å²) in [6, 6.07) is 9.17. The molecule has 1 aliphatic heterocycles. The molecule has 0 radical (unpaired) electrons. The van der Waals surface area contributed by atoms with Gasteiger partial charge in [-0.25, -0.2) is 0 Å². The van der Waals surface area contributed by atoms with E-state index in [-0.39, 0.29) is 5.69 Å². The normalized spacial score (nSPS) is 18.5. The van der Waals surface area contributed by atoms with Crippen molar-refractivity contribution in [3.8, 4) is 5.75 Å². The number of thiophene rings is 1. The van der Waals surface area contributed by atoms with Crippen LogP contribution in [0.3, 0.4) is 0 Å². The van der Waals surface area contributed by atoms with Gasteiger partial charge in [-0.3, -0.25) is 15.0 Å². The lowest BCUT2D eigenvalue weighted by atomic mass is 10.1. The van der Waals surface area contributed by atoms with E-state index < -0.39 is 4.92 Å². The Hall–Kier alpha value is -1.92. The molecule has 0 unspecified atom stereocenters. The molecule has 6 heteroatoms. The minimum Gasteiger partial charge on any atom is -0.485 e. The summed E-state index contributed by atoms with van der Waals surface area (Å²) in [6.45, 7) is 2.30. The largest absolute Gasteiger partial charge is 0.485 e. The summed E-state index contributed by atoms with van der Waals surface area (Å²) in [4.78, 5) is 13.0. The third kappa shape index (κ3) is 3.28. The van der Waals surface area contributed by atoms with Crippen molar-refractivity contribution < 1.29 is 9.66 Å². The molecular weight excluding hydrogens is 300 g/mol. The quantitative estimate of drug-likeness (QED) is 0.599. The fourth-order valence-corrected chi connectivity index (χ4v) is 3.65. The number of nitrogens with zero attached hydrogens (tertiary/aromatic N) is 2. The van der Waals surface area contributed by atoms with Crippen LogP contribution in [0.1, 0.15) is 24.4 Å². The van der Waals surface area contributed by atoms with Crippen LogP contribution in [0.4, 0.5) is 5.69 Å². The molecule has 2 aromatic rings. The first kappa shape index (κ1) is 15.0. The highest BCUT2D eigenvalue weighted by atomic mass is 32.1. The van der Waals surface area contributed by atoms with Crippen molar-refractivity contribution in [3.63, 3.8) is 0 Å². The van der Waals surface area contributed by atoms with Crippen molar-refractivity contribution in [1.82, 2.24) is 4.90 Å². The molecule has 0 aliphatic carbocycles. The number of hydrogen-bond acceptors (Lipinski definition) is 5. The molecule has 5 nitrogen and oxygen atoms in total. The van der Waals surface area contributed by atoms with Crippen LogP contribution in [-0.4, -0.2) is 29.5 Å². The van der Waals surface area contributed by atoms with Crippen LogP contribution in [0.5, 0.6) is 5.75 Å². The molecule has 116 valence electrons. The molecule has 0 N–H and O–H groups in total. The second kappa shape index (κ2) is 6.89. The third-order valence-corrected chi connectivity index (χ3v) is 4.69. The maximum atomic E-state index is 11.0. The number of rotatable bonds is 6. The number of para-hydroxylation sites is 2. The average Bonchev–Trinajstić information content (AvgIpc) is 3.18. The molecule has 1 saturated heterocycles. The predicted molar refractivity (Wildman–Crippen MR) is 86.5 cm³/mol. The van der Waals surface area contributed by atoms with Crippen molar-refractivity contribution in [2.45, 2.75) is 18.9 Å². The summed E-state index contributed by atoms with van der Waals surface area (Å²) in [5.74, 6) is 0.346. The minimum absolute atomic E-state index is 0.0262. The van der Waals surface area contributed by atoms with Gasteiger partial charge in [-0.05, 0) is 47.8 Å². The van der Waals surface area contributed by atoms with E-state index in [1.165, 1.54) is 24.5 Å². The molecule has 1 aromatic heterocycles. The third-order valence-electron chi connectivity index (χ3n) is 3.99. The van der Waals surface area contributed by atoms with Gasteiger partial charge in [0.2, 0.25) is 0 Å². The fraction of sp³-hybridized carbons (Fsp3) is 0.375. The van der Waals surface area contributed by atoms with Crippen molar-refractivity contribution in [1.29, 1.82) is 0 Å². The summed E-state index contributed by atoms with van der Waals surface area (Å²) < 4.78 is 5.65. The Morgan fingerprint density at radius 1 is 1.36 bits per heavy atom. The van der Waals surface area contributed by atoms with Gasteiger partial charge >= 0.3 is 5.69 Å². The molecule has 0 saturated carbocycles. The molecule has 1 atom stereocenters. The fourth-order valence-electron chi connectivity index (χ4n) is 2.94. The molecular formula is C16H18N2O3S. The lowest BCUT2D eigenvalue weighted by molar-refractivity contribution is -0.385. The van der Waals surface area contributed by atoms with E-state index in [0.29, 0.717) is 18.4 Å². The molecule has 1 fully saturated rings. The van der Waals surface area contributed by atoms with Crippen molar-refractivity contribution in [2.75, 3.05) is 19.7 Å². The number of likely N-dealkylation sites (tertiary alicyclic amines) is 1. The van der Waals surface area contributed by atoms with E-state index >= 15 is 0 Å². The van der Waals surface area contributed by atoms with Crippen molar-refractivity contribution in [3.05, 3.63) is 56.8 Å². The molecule has 1 aromatic carbocycles. The predicted octanol–water partition coefficient (Wildman–Crippen LogP) is 3.87. The highest BCUT2D eigenvalue weighted by Gasteiger charge is 2.26. The van der Waals surface area contributed by atoms with E-state index in [1.54, 1.807) is 29.5 Å². The van der Waals surface area contributed by atoms with E-state index in [0.717, 1.165) is 13.1 Å². The van der Waals surface area contributed by atoms with E-state index in [2.05, 4.69) is 21.7 Å². The first-order valence-corrected chi connectivity index (χ1v) is 8.32. The summed E-state index contributed by atoms with van der Waals surface area (Å²) in [5, 5.41) is 15.3. The van der Waals surface area contributed by atoms with Gasteiger partial charge in [0.1, 0.15) is 6.61 Å². The Balaban J connectivity index is 1.58. The standard InChI is InChI=1S/C16H18N2O3S/c19-18(20)15-4-1-2-6-16(15)21-10-9-17-8-3-5-14(17)13-7-11-22-12-13/h1-2,4,6-7,11-12,14H,3,5,8-10H2/t14-/m1/s1. The van der Waals surface area contributed by atoms with Crippen LogP contribution in [0.25, 0.3) is 0 Å². The average molecular weight is 318 g/mol. The highest BCUT2D eigenvalue weighted by Crippen LogP contribution is 2.33. The van der Waals surface area contributed by atoms with Gasteiger partial charge in [-0.1, -0.05) is 12.1 Å². The Labute approximate surface area is 133 Å². The zero-order valence-corrected chi connectivity index (χ0v) is 13.0. The molecule has 0 amide bonds. The van der Waals surface area contributed by atoms with Crippen LogP contribution >= 0.6 is 11.3 Å². The monoisotopic (exact) mass is 318 g/mol. The van der Waals surface area contributed by atoms with Gasteiger partial charge in [0, 0.05) is 18.7 Å².